The summed E-state index contributed by atoms with van der Waals surface area (Å²) in [5, 5.41) is 4.27. The largest absolute Gasteiger partial charge is 0.497 e. The van der Waals surface area contributed by atoms with Gasteiger partial charge in [0.25, 0.3) is 0 Å². The number of hydrogen-bond acceptors (Lipinski definition) is 4. The highest BCUT2D eigenvalue weighted by Crippen LogP contribution is 2.28. The second-order valence-electron chi connectivity index (χ2n) is 6.41. The highest BCUT2D eigenvalue weighted by Gasteiger charge is 2.31. The van der Waals surface area contributed by atoms with Crippen molar-refractivity contribution in [3.05, 3.63) is 65.5 Å². The highest BCUT2D eigenvalue weighted by molar-refractivity contribution is 7.99. The summed E-state index contributed by atoms with van der Waals surface area (Å²) in [6.07, 6.45) is 0. The summed E-state index contributed by atoms with van der Waals surface area (Å²) < 4.78 is 32.9. The summed E-state index contributed by atoms with van der Waals surface area (Å²) in [5.41, 5.74) is 3.17. The molecule has 0 spiro atoms. The highest BCUT2D eigenvalue weighted by atomic mass is 32.3. The van der Waals surface area contributed by atoms with Gasteiger partial charge in [-0.05, 0) is 60.0 Å². The Kier molecular flexibility index (Phi) is 6.12. The zero-order valence-electron chi connectivity index (χ0n) is 16.3. The molecule has 2 N–H and O–H groups in total. The fraction of sp³-hybridized carbons (Fsp3) is 0.250. The zero-order chi connectivity index (χ0) is 20.3. The van der Waals surface area contributed by atoms with E-state index < -0.39 is 10.4 Å². The Labute approximate surface area is 170 Å². The van der Waals surface area contributed by atoms with Crippen LogP contribution in [0, 0.1) is 13.8 Å². The maximum absolute atomic E-state index is 12.8. The van der Waals surface area contributed by atoms with E-state index in [1.54, 1.807) is 35.7 Å². The molecule has 2 aromatic carbocycles. The zero-order valence-corrected chi connectivity index (χ0v) is 17.9. The summed E-state index contributed by atoms with van der Waals surface area (Å²) in [6, 6.07) is 15.0. The molecule has 3 aromatic rings. The number of methoxy groups -OCH3 is 1. The Balaban J connectivity index is 1.67. The van der Waals surface area contributed by atoms with Crippen LogP contribution in [0.4, 0.5) is 5.69 Å². The van der Waals surface area contributed by atoms with Gasteiger partial charge in [-0.25, -0.2) is 0 Å². The van der Waals surface area contributed by atoms with Gasteiger partial charge in [-0.15, -0.1) is 11.8 Å². The van der Waals surface area contributed by atoms with E-state index in [1.165, 1.54) is 0 Å². The van der Waals surface area contributed by atoms with Gasteiger partial charge >= 0.3 is 10.4 Å². The molecule has 1 atom stereocenters. The molecule has 1 aromatic heterocycles. The number of anilines is 1. The lowest BCUT2D eigenvalue weighted by molar-refractivity contribution is 0.414. The topological polar surface area (TPSA) is 76.4 Å². The molecule has 0 fully saturated rings. The molecule has 0 radical (unpaired) electrons. The Hall–Kier alpha value is -2.29. The molecule has 1 unspecified atom stereocenters. The lowest BCUT2D eigenvalue weighted by Crippen LogP contribution is -2.21. The third kappa shape index (κ3) is 4.57. The van der Waals surface area contributed by atoms with Crippen molar-refractivity contribution >= 4 is 27.8 Å². The second-order valence-corrected chi connectivity index (χ2v) is 9.18. The fourth-order valence-electron chi connectivity index (χ4n) is 2.73. The number of rotatable bonds is 7. The molecule has 0 amide bonds. The van der Waals surface area contributed by atoms with Crippen molar-refractivity contribution in [3.8, 4) is 5.75 Å². The van der Waals surface area contributed by atoms with Crippen LogP contribution in [-0.2, 0) is 27.4 Å². The molecule has 0 aliphatic heterocycles. The smallest absolute Gasteiger partial charge is 0.346 e. The minimum atomic E-state index is -3.41. The first-order chi connectivity index (χ1) is 13.3. The molecule has 0 bridgehead atoms. The van der Waals surface area contributed by atoms with E-state index in [0.717, 1.165) is 27.7 Å². The molecule has 3 rings (SSSR count). The fourth-order valence-corrected chi connectivity index (χ4v) is 4.78. The van der Waals surface area contributed by atoms with Gasteiger partial charge in [-0.2, -0.15) is 14.4 Å². The van der Waals surface area contributed by atoms with Crippen LogP contribution in [0.5, 0.6) is 5.75 Å². The number of hydrogen-bond donors (Lipinski definition) is 2. The van der Waals surface area contributed by atoms with Gasteiger partial charge in [0, 0.05) is 17.7 Å². The summed E-state index contributed by atoms with van der Waals surface area (Å²) in [6.45, 7) is 3.67. The first kappa shape index (κ1) is 20.4. The predicted octanol–water partition coefficient (Wildman–Crippen LogP) is 4.70. The van der Waals surface area contributed by atoms with Crippen LogP contribution in [0.25, 0.3) is 0 Å². The van der Waals surface area contributed by atoms with Crippen LogP contribution in [0.2, 0.25) is 0 Å². The van der Waals surface area contributed by atoms with Crippen molar-refractivity contribution in [2.45, 2.75) is 29.4 Å². The van der Waals surface area contributed by atoms with Gasteiger partial charge < -0.3 is 4.74 Å². The van der Waals surface area contributed by atoms with E-state index in [0.29, 0.717) is 16.3 Å². The molecule has 0 aliphatic rings. The molecule has 6 nitrogen and oxygen atoms in total. The van der Waals surface area contributed by atoms with Crippen molar-refractivity contribution in [1.82, 2.24) is 9.78 Å². The van der Waals surface area contributed by atoms with Crippen molar-refractivity contribution in [2.24, 2.45) is 7.05 Å². The van der Waals surface area contributed by atoms with Crippen LogP contribution in [-0.4, -0.2) is 21.4 Å². The van der Waals surface area contributed by atoms with Crippen LogP contribution < -0.4 is 9.46 Å². The van der Waals surface area contributed by atoms with Gasteiger partial charge in [-0.1, -0.05) is 12.1 Å². The Morgan fingerprint density at radius 1 is 1.14 bits per heavy atom. The number of aromatic nitrogens is 2. The molecule has 1 heterocycles. The van der Waals surface area contributed by atoms with E-state index >= 15 is 0 Å². The SMILES string of the molecule is COc1ccc(SCc2ccc([S+](=O)(O)Nc3c(C)nn(C)c3C)cc2)cc1. The molecule has 148 valence electrons. The van der Waals surface area contributed by atoms with Crippen LogP contribution >= 0.6 is 11.8 Å². The van der Waals surface area contributed by atoms with Crippen LogP contribution in [0.15, 0.2) is 58.3 Å². The molecule has 0 aliphatic carbocycles. The van der Waals surface area contributed by atoms with Crippen molar-refractivity contribution in [3.63, 3.8) is 0 Å². The monoisotopic (exact) mass is 418 g/mol. The van der Waals surface area contributed by atoms with Crippen molar-refractivity contribution in [2.75, 3.05) is 11.8 Å². The van der Waals surface area contributed by atoms with E-state index in [2.05, 4.69) is 9.82 Å². The molecular weight excluding hydrogens is 394 g/mol. The van der Waals surface area contributed by atoms with Crippen LogP contribution in [0.1, 0.15) is 17.0 Å². The minimum absolute atomic E-state index is 0.341. The van der Waals surface area contributed by atoms with Gasteiger partial charge in [0.05, 0.1) is 18.5 Å². The molecule has 0 saturated carbocycles. The maximum Gasteiger partial charge on any atom is 0.346 e. The second kappa shape index (κ2) is 8.38. The van der Waals surface area contributed by atoms with Gasteiger partial charge in [-0.3, -0.25) is 4.68 Å². The third-order valence-corrected chi connectivity index (χ3v) is 6.93. The number of nitrogens with one attached hydrogen (secondary N) is 1. The first-order valence-corrected chi connectivity index (χ1v) is 11.2. The first-order valence-electron chi connectivity index (χ1n) is 8.70. The van der Waals surface area contributed by atoms with E-state index in [9.17, 15) is 8.76 Å². The third-order valence-electron chi connectivity index (χ3n) is 4.46. The van der Waals surface area contributed by atoms with E-state index in [-0.39, 0.29) is 0 Å². The quantitative estimate of drug-likeness (QED) is 0.430. The number of benzene rings is 2. The maximum atomic E-state index is 12.8. The molecule has 0 saturated heterocycles. The number of aryl methyl sites for hydroxylation is 2. The summed E-state index contributed by atoms with van der Waals surface area (Å²) >= 11 is 1.70. The Bertz CT molecular complexity index is 999. The summed E-state index contributed by atoms with van der Waals surface area (Å²) in [7, 11) is 0.0444. The van der Waals surface area contributed by atoms with Gasteiger partial charge in [0.2, 0.25) is 4.90 Å². The Morgan fingerprint density at radius 3 is 2.32 bits per heavy atom. The standard InChI is InChI=1S/C20H23N3O3S2/c1-14-20(15(2)23(3)21-14)22-28(24,25)19-11-5-16(6-12-19)13-27-18-9-7-17(26-4)8-10-18/h5-12H,13H2,1-4H3,(H-,22,24,25)/p+1. The van der Waals surface area contributed by atoms with Crippen LogP contribution in [0.3, 0.4) is 0 Å². The van der Waals surface area contributed by atoms with Gasteiger partial charge in [0.15, 0.2) is 0 Å². The normalized spacial score (nSPS) is 13.2. The summed E-state index contributed by atoms with van der Waals surface area (Å²) in [5.74, 6) is 1.60. The Morgan fingerprint density at radius 2 is 1.79 bits per heavy atom. The molecule has 8 heteroatoms. The average molecular weight is 419 g/mol. The predicted molar refractivity (Wildman–Crippen MR) is 114 cm³/mol. The number of nitrogens with zero attached hydrogens (tertiary/aromatic N) is 2. The average Bonchev–Trinajstić information content (AvgIpc) is 2.93. The number of ether oxygens (including phenoxy) is 1. The summed E-state index contributed by atoms with van der Waals surface area (Å²) in [4.78, 5) is 1.48. The van der Waals surface area contributed by atoms with Crippen molar-refractivity contribution < 1.29 is 13.5 Å². The van der Waals surface area contributed by atoms with E-state index in [4.69, 9.17) is 4.74 Å². The van der Waals surface area contributed by atoms with Crippen molar-refractivity contribution in [1.29, 1.82) is 0 Å². The van der Waals surface area contributed by atoms with E-state index in [1.807, 2.05) is 57.3 Å². The minimum Gasteiger partial charge on any atom is -0.497 e. The van der Waals surface area contributed by atoms with Gasteiger partial charge in [0.1, 0.15) is 11.4 Å². The lowest BCUT2D eigenvalue weighted by Gasteiger charge is -2.08. The number of thioether (sulfide) groups is 1. The molecular formula is C20H24N3O3S2+. The molecule has 28 heavy (non-hydrogen) atoms. The lowest BCUT2D eigenvalue weighted by atomic mass is 10.2.